The molecule has 0 aromatic heterocycles. The molecule has 0 saturated carbocycles. The third kappa shape index (κ3) is 3.72. The van der Waals surface area contributed by atoms with E-state index < -0.39 is 0 Å². The van der Waals surface area contributed by atoms with Gasteiger partial charge in [0, 0.05) is 19.1 Å². The molecule has 1 fully saturated rings. The zero-order chi connectivity index (χ0) is 12.2. The summed E-state index contributed by atoms with van der Waals surface area (Å²) >= 11 is 0. The highest BCUT2D eigenvalue weighted by Crippen LogP contribution is 2.21. The lowest BCUT2D eigenvalue weighted by Gasteiger charge is -2.30. The van der Waals surface area contributed by atoms with Crippen molar-refractivity contribution in [2.75, 3.05) is 39.3 Å². The molecule has 0 spiro atoms. The second-order valence-corrected chi connectivity index (χ2v) is 5.77. The molecule has 3 heteroatoms. The summed E-state index contributed by atoms with van der Waals surface area (Å²) in [5.41, 5.74) is 6.06. The number of nitrogens with zero attached hydrogens (tertiary/aromatic N) is 2. The lowest BCUT2D eigenvalue weighted by molar-refractivity contribution is 0.180. The van der Waals surface area contributed by atoms with Crippen molar-refractivity contribution in [1.82, 2.24) is 9.80 Å². The van der Waals surface area contributed by atoms with Gasteiger partial charge < -0.3 is 10.6 Å². The summed E-state index contributed by atoms with van der Waals surface area (Å²) in [6.07, 6.45) is 1.32. The molecular formula is C13H29N3. The molecule has 96 valence electrons. The maximum atomic E-state index is 5.79. The predicted molar refractivity (Wildman–Crippen MR) is 70.6 cm³/mol. The Morgan fingerprint density at radius 2 is 1.94 bits per heavy atom. The maximum Gasteiger partial charge on any atom is 0.0235 e. The zero-order valence-corrected chi connectivity index (χ0v) is 11.5. The third-order valence-corrected chi connectivity index (χ3v) is 3.78. The summed E-state index contributed by atoms with van der Waals surface area (Å²) in [4.78, 5) is 5.16. The highest BCUT2D eigenvalue weighted by molar-refractivity contribution is 4.85. The minimum atomic E-state index is 0.262. The maximum absolute atomic E-state index is 5.79. The van der Waals surface area contributed by atoms with Crippen molar-refractivity contribution in [2.24, 2.45) is 11.1 Å². The quantitative estimate of drug-likeness (QED) is 0.744. The standard InChI is InChI=1S/C13H29N3/c1-5-16(6-2)12-7-8-15(9-12)11-13(3,4)10-14/h12H,5-11,14H2,1-4H3. The number of nitrogens with two attached hydrogens (primary N) is 1. The van der Waals surface area contributed by atoms with Gasteiger partial charge in [-0.25, -0.2) is 0 Å². The lowest BCUT2D eigenvalue weighted by Crippen LogP contribution is -2.41. The van der Waals surface area contributed by atoms with Gasteiger partial charge in [-0.3, -0.25) is 4.90 Å². The van der Waals surface area contributed by atoms with Crippen molar-refractivity contribution in [3.8, 4) is 0 Å². The molecule has 0 radical (unpaired) electrons. The summed E-state index contributed by atoms with van der Waals surface area (Å²) in [7, 11) is 0. The highest BCUT2D eigenvalue weighted by atomic mass is 15.2. The Bertz CT molecular complexity index is 199. The normalized spacial score (nSPS) is 23.2. The summed E-state index contributed by atoms with van der Waals surface area (Å²) < 4.78 is 0. The van der Waals surface area contributed by atoms with Gasteiger partial charge in [0.2, 0.25) is 0 Å². The first kappa shape index (κ1) is 13.9. The molecule has 1 atom stereocenters. The second kappa shape index (κ2) is 5.99. The molecule has 0 amide bonds. The van der Waals surface area contributed by atoms with Gasteiger partial charge in [0.05, 0.1) is 0 Å². The number of hydrogen-bond donors (Lipinski definition) is 1. The fourth-order valence-electron chi connectivity index (χ4n) is 2.66. The van der Waals surface area contributed by atoms with Crippen molar-refractivity contribution < 1.29 is 0 Å². The summed E-state index contributed by atoms with van der Waals surface area (Å²) in [6, 6.07) is 0.767. The minimum Gasteiger partial charge on any atom is -0.330 e. The highest BCUT2D eigenvalue weighted by Gasteiger charge is 2.29. The van der Waals surface area contributed by atoms with Crippen molar-refractivity contribution in [3.05, 3.63) is 0 Å². The van der Waals surface area contributed by atoms with E-state index in [0.29, 0.717) is 0 Å². The molecule has 0 aromatic rings. The van der Waals surface area contributed by atoms with E-state index in [9.17, 15) is 0 Å². The van der Waals surface area contributed by atoms with E-state index in [1.54, 1.807) is 0 Å². The zero-order valence-electron chi connectivity index (χ0n) is 11.5. The van der Waals surface area contributed by atoms with E-state index in [1.165, 1.54) is 32.6 Å². The molecule has 2 N–H and O–H groups in total. The van der Waals surface area contributed by atoms with Crippen LogP contribution in [-0.2, 0) is 0 Å². The van der Waals surface area contributed by atoms with E-state index in [0.717, 1.165) is 19.1 Å². The Hall–Kier alpha value is -0.120. The molecule has 0 bridgehead atoms. The smallest absolute Gasteiger partial charge is 0.0235 e. The Balaban J connectivity index is 2.40. The van der Waals surface area contributed by atoms with Gasteiger partial charge in [0.1, 0.15) is 0 Å². The molecular weight excluding hydrogens is 198 g/mol. The van der Waals surface area contributed by atoms with Gasteiger partial charge in [0.25, 0.3) is 0 Å². The van der Waals surface area contributed by atoms with Gasteiger partial charge in [0.15, 0.2) is 0 Å². The molecule has 1 rings (SSSR count). The monoisotopic (exact) mass is 227 g/mol. The molecule has 1 aliphatic heterocycles. The van der Waals surface area contributed by atoms with E-state index in [2.05, 4.69) is 37.5 Å². The van der Waals surface area contributed by atoms with Crippen molar-refractivity contribution in [1.29, 1.82) is 0 Å². The summed E-state index contributed by atoms with van der Waals surface area (Å²) in [6.45, 7) is 15.8. The first-order valence-electron chi connectivity index (χ1n) is 6.69. The molecule has 3 nitrogen and oxygen atoms in total. The second-order valence-electron chi connectivity index (χ2n) is 5.77. The predicted octanol–water partition coefficient (Wildman–Crippen LogP) is 1.39. The van der Waals surface area contributed by atoms with Crippen LogP contribution < -0.4 is 5.73 Å². The number of likely N-dealkylation sites (tertiary alicyclic amines) is 1. The van der Waals surface area contributed by atoms with Crippen LogP contribution in [0.5, 0.6) is 0 Å². The Morgan fingerprint density at radius 3 is 2.44 bits per heavy atom. The number of hydrogen-bond acceptors (Lipinski definition) is 3. The van der Waals surface area contributed by atoms with Crippen LogP contribution >= 0.6 is 0 Å². The van der Waals surface area contributed by atoms with E-state index in [1.807, 2.05) is 0 Å². The Morgan fingerprint density at radius 1 is 1.31 bits per heavy atom. The fourth-order valence-corrected chi connectivity index (χ4v) is 2.66. The van der Waals surface area contributed by atoms with Gasteiger partial charge in [-0.2, -0.15) is 0 Å². The first-order chi connectivity index (χ1) is 7.52. The van der Waals surface area contributed by atoms with Gasteiger partial charge in [-0.1, -0.05) is 27.7 Å². The molecule has 1 heterocycles. The van der Waals surface area contributed by atoms with Crippen LogP contribution in [0.4, 0.5) is 0 Å². The van der Waals surface area contributed by atoms with Crippen LogP contribution in [-0.4, -0.2) is 55.1 Å². The lowest BCUT2D eigenvalue weighted by atomic mass is 9.93. The van der Waals surface area contributed by atoms with Crippen LogP contribution in [0, 0.1) is 5.41 Å². The van der Waals surface area contributed by atoms with Crippen molar-refractivity contribution in [2.45, 2.75) is 40.2 Å². The third-order valence-electron chi connectivity index (χ3n) is 3.78. The van der Waals surface area contributed by atoms with E-state index in [4.69, 9.17) is 5.73 Å². The van der Waals surface area contributed by atoms with Crippen molar-refractivity contribution in [3.63, 3.8) is 0 Å². The number of likely N-dealkylation sites (N-methyl/N-ethyl adjacent to an activating group) is 1. The van der Waals surface area contributed by atoms with E-state index in [-0.39, 0.29) is 5.41 Å². The Labute approximate surface area is 101 Å². The minimum absolute atomic E-state index is 0.262. The van der Waals surface area contributed by atoms with Crippen LogP contribution in [0.2, 0.25) is 0 Å². The van der Waals surface area contributed by atoms with Gasteiger partial charge in [-0.15, -0.1) is 0 Å². The van der Waals surface area contributed by atoms with Crippen LogP contribution in [0.15, 0.2) is 0 Å². The molecule has 1 unspecified atom stereocenters. The molecule has 16 heavy (non-hydrogen) atoms. The van der Waals surface area contributed by atoms with Crippen LogP contribution in [0.3, 0.4) is 0 Å². The molecule has 1 aliphatic rings. The Kier molecular flexibility index (Phi) is 5.22. The molecule has 0 aromatic carbocycles. The average Bonchev–Trinajstić information content (AvgIpc) is 2.68. The van der Waals surface area contributed by atoms with Crippen molar-refractivity contribution >= 4 is 0 Å². The number of rotatable bonds is 6. The fraction of sp³-hybridized carbons (Fsp3) is 1.00. The van der Waals surface area contributed by atoms with E-state index >= 15 is 0 Å². The van der Waals surface area contributed by atoms with Crippen LogP contribution in [0.1, 0.15) is 34.1 Å². The molecule has 0 aliphatic carbocycles. The SMILES string of the molecule is CCN(CC)C1CCN(CC(C)(C)CN)C1. The van der Waals surface area contributed by atoms with Gasteiger partial charge in [-0.05, 0) is 38.0 Å². The first-order valence-corrected chi connectivity index (χ1v) is 6.69. The summed E-state index contributed by atoms with van der Waals surface area (Å²) in [5.74, 6) is 0. The topological polar surface area (TPSA) is 32.5 Å². The largest absolute Gasteiger partial charge is 0.330 e. The van der Waals surface area contributed by atoms with Crippen LogP contribution in [0.25, 0.3) is 0 Å². The molecule has 1 saturated heterocycles. The summed E-state index contributed by atoms with van der Waals surface area (Å²) in [5, 5.41) is 0. The van der Waals surface area contributed by atoms with Gasteiger partial charge >= 0.3 is 0 Å². The average molecular weight is 227 g/mol.